The van der Waals surface area contributed by atoms with E-state index in [1.807, 2.05) is 24.4 Å². The Morgan fingerprint density at radius 1 is 1.03 bits per heavy atom. The van der Waals surface area contributed by atoms with E-state index in [4.69, 9.17) is 15.2 Å². The van der Waals surface area contributed by atoms with Crippen LogP contribution < -0.4 is 5.73 Å². The number of nitrogen functional groups attached to an aromatic ring is 1. The minimum absolute atomic E-state index is 0.173. The number of rotatable bonds is 7. The smallest absolute Gasteiger partial charge is 0.261 e. The van der Waals surface area contributed by atoms with Crippen LogP contribution >= 0.6 is 0 Å². The van der Waals surface area contributed by atoms with Crippen LogP contribution in [0.5, 0.6) is 0 Å². The van der Waals surface area contributed by atoms with Crippen molar-refractivity contribution in [1.82, 2.24) is 29.9 Å². The second kappa shape index (κ2) is 8.40. The van der Waals surface area contributed by atoms with Crippen molar-refractivity contribution in [3.63, 3.8) is 0 Å². The number of anilines is 1. The third kappa shape index (κ3) is 4.63. The normalized spacial score (nSPS) is 13.9. The van der Waals surface area contributed by atoms with Crippen LogP contribution in [0.2, 0.25) is 0 Å². The fourth-order valence-electron chi connectivity index (χ4n) is 3.66. The van der Waals surface area contributed by atoms with Gasteiger partial charge in [-0.25, -0.2) is 4.98 Å². The van der Waals surface area contributed by atoms with Gasteiger partial charge in [0, 0.05) is 24.2 Å². The van der Waals surface area contributed by atoms with Crippen LogP contribution in [0.3, 0.4) is 0 Å². The average Bonchev–Trinajstić information content (AvgIpc) is 3.42. The van der Waals surface area contributed by atoms with Gasteiger partial charge in [0.15, 0.2) is 5.82 Å². The molecule has 0 spiro atoms. The maximum absolute atomic E-state index is 10.0. The zero-order valence-corrected chi connectivity index (χ0v) is 19.5. The molecule has 4 aromatic heterocycles. The maximum atomic E-state index is 10.0. The SMILES string of the molecule is CC(C)[C@](C)(c1ccc(-c2ccc(N)nc2)nc1)c1noc(-c2cnn(CC(C)(C)O)c2)n1. The molecule has 0 saturated carbocycles. The van der Waals surface area contributed by atoms with E-state index in [0.717, 1.165) is 16.8 Å². The van der Waals surface area contributed by atoms with Gasteiger partial charge in [0.05, 0.1) is 35.0 Å². The number of aromatic nitrogens is 6. The van der Waals surface area contributed by atoms with Crippen LogP contribution in [-0.2, 0) is 12.0 Å². The monoisotopic (exact) mass is 447 g/mol. The van der Waals surface area contributed by atoms with E-state index in [-0.39, 0.29) is 5.92 Å². The van der Waals surface area contributed by atoms with Crippen LogP contribution in [0.15, 0.2) is 53.6 Å². The summed E-state index contributed by atoms with van der Waals surface area (Å²) in [5.74, 6) is 1.61. The summed E-state index contributed by atoms with van der Waals surface area (Å²) in [4.78, 5) is 13.5. The summed E-state index contributed by atoms with van der Waals surface area (Å²) >= 11 is 0. The van der Waals surface area contributed by atoms with E-state index in [1.165, 1.54) is 0 Å². The molecule has 4 aromatic rings. The molecule has 4 heterocycles. The summed E-state index contributed by atoms with van der Waals surface area (Å²) in [5, 5.41) is 18.6. The van der Waals surface area contributed by atoms with Crippen LogP contribution in [0.4, 0.5) is 5.82 Å². The van der Waals surface area contributed by atoms with E-state index < -0.39 is 11.0 Å². The van der Waals surface area contributed by atoms with Crippen LogP contribution in [-0.4, -0.2) is 40.6 Å². The van der Waals surface area contributed by atoms with E-state index >= 15 is 0 Å². The third-order valence-electron chi connectivity index (χ3n) is 5.92. The van der Waals surface area contributed by atoms with Gasteiger partial charge in [-0.2, -0.15) is 10.1 Å². The molecule has 0 aliphatic rings. The Labute approximate surface area is 192 Å². The molecule has 9 nitrogen and oxygen atoms in total. The lowest BCUT2D eigenvalue weighted by Crippen LogP contribution is -2.31. The number of hydrogen-bond acceptors (Lipinski definition) is 8. The summed E-state index contributed by atoms with van der Waals surface area (Å²) in [5.41, 5.74) is 7.68. The zero-order chi connectivity index (χ0) is 23.8. The predicted molar refractivity (Wildman–Crippen MR) is 125 cm³/mol. The molecule has 0 saturated heterocycles. The molecule has 172 valence electrons. The highest BCUT2D eigenvalue weighted by Gasteiger charge is 2.38. The Morgan fingerprint density at radius 3 is 2.42 bits per heavy atom. The second-order valence-corrected chi connectivity index (χ2v) is 9.42. The molecule has 3 N–H and O–H groups in total. The van der Waals surface area contributed by atoms with Gasteiger partial charge in [0.1, 0.15) is 5.82 Å². The molecule has 0 aromatic carbocycles. The van der Waals surface area contributed by atoms with Crippen molar-refractivity contribution in [2.75, 3.05) is 5.73 Å². The lowest BCUT2D eigenvalue weighted by atomic mass is 9.73. The first kappa shape index (κ1) is 22.6. The first-order chi connectivity index (χ1) is 15.6. The van der Waals surface area contributed by atoms with Crippen molar-refractivity contribution >= 4 is 5.82 Å². The molecule has 0 radical (unpaired) electrons. The molecular weight excluding hydrogens is 418 g/mol. The number of hydrogen-bond donors (Lipinski definition) is 2. The van der Waals surface area contributed by atoms with E-state index in [2.05, 4.69) is 41.0 Å². The average molecular weight is 448 g/mol. The van der Waals surface area contributed by atoms with Crippen LogP contribution in [0.1, 0.15) is 46.0 Å². The van der Waals surface area contributed by atoms with Crippen LogP contribution in [0, 0.1) is 5.92 Å². The highest BCUT2D eigenvalue weighted by atomic mass is 16.5. The highest BCUT2D eigenvalue weighted by Crippen LogP contribution is 2.38. The molecule has 0 bridgehead atoms. The summed E-state index contributed by atoms with van der Waals surface area (Å²) < 4.78 is 7.26. The van der Waals surface area contributed by atoms with Gasteiger partial charge in [-0.3, -0.25) is 9.67 Å². The van der Waals surface area contributed by atoms with Crippen molar-refractivity contribution in [2.45, 2.75) is 52.2 Å². The van der Waals surface area contributed by atoms with Gasteiger partial charge in [0.2, 0.25) is 0 Å². The molecule has 0 aliphatic carbocycles. The van der Waals surface area contributed by atoms with E-state index in [1.54, 1.807) is 43.2 Å². The molecule has 0 aliphatic heterocycles. The Morgan fingerprint density at radius 2 is 1.82 bits per heavy atom. The lowest BCUT2D eigenvalue weighted by molar-refractivity contribution is 0.0577. The summed E-state index contributed by atoms with van der Waals surface area (Å²) in [7, 11) is 0. The van der Waals surface area contributed by atoms with Gasteiger partial charge in [0.25, 0.3) is 5.89 Å². The lowest BCUT2D eigenvalue weighted by Gasteiger charge is -2.30. The molecule has 1 atom stereocenters. The largest absolute Gasteiger partial charge is 0.389 e. The van der Waals surface area contributed by atoms with Gasteiger partial charge in [-0.05, 0) is 50.5 Å². The summed E-state index contributed by atoms with van der Waals surface area (Å²) in [6.07, 6.45) is 7.01. The zero-order valence-electron chi connectivity index (χ0n) is 19.5. The van der Waals surface area contributed by atoms with E-state index in [0.29, 0.717) is 29.6 Å². The van der Waals surface area contributed by atoms with Crippen molar-refractivity contribution < 1.29 is 9.63 Å². The topological polar surface area (TPSA) is 129 Å². The Hall–Kier alpha value is -3.59. The molecule has 0 unspecified atom stereocenters. The molecule has 4 rings (SSSR count). The summed E-state index contributed by atoms with van der Waals surface area (Å²) in [6, 6.07) is 7.66. The Bertz CT molecular complexity index is 1220. The number of aliphatic hydroxyl groups is 1. The quantitative estimate of drug-likeness (QED) is 0.439. The minimum Gasteiger partial charge on any atom is -0.389 e. The first-order valence-corrected chi connectivity index (χ1v) is 10.8. The number of nitrogens with zero attached hydrogens (tertiary/aromatic N) is 6. The summed E-state index contributed by atoms with van der Waals surface area (Å²) in [6.45, 7) is 10.2. The molecule has 0 amide bonds. The number of pyridine rings is 2. The Balaban J connectivity index is 1.63. The highest BCUT2D eigenvalue weighted by molar-refractivity contribution is 5.59. The van der Waals surface area contributed by atoms with Gasteiger partial charge in [-0.1, -0.05) is 25.1 Å². The molecule has 0 fully saturated rings. The second-order valence-electron chi connectivity index (χ2n) is 9.42. The van der Waals surface area contributed by atoms with Crippen molar-refractivity contribution in [2.24, 2.45) is 5.92 Å². The predicted octanol–water partition coefficient (Wildman–Crippen LogP) is 3.71. The van der Waals surface area contributed by atoms with Gasteiger partial charge >= 0.3 is 0 Å². The van der Waals surface area contributed by atoms with Crippen molar-refractivity contribution in [1.29, 1.82) is 0 Å². The Kier molecular flexibility index (Phi) is 5.75. The van der Waals surface area contributed by atoms with Gasteiger partial charge < -0.3 is 15.4 Å². The van der Waals surface area contributed by atoms with Crippen molar-refractivity contribution in [3.8, 4) is 22.7 Å². The van der Waals surface area contributed by atoms with Crippen LogP contribution in [0.25, 0.3) is 22.7 Å². The maximum Gasteiger partial charge on any atom is 0.261 e. The number of nitrogens with two attached hydrogens (primary N) is 1. The molecular formula is C24H29N7O2. The fourth-order valence-corrected chi connectivity index (χ4v) is 3.66. The molecule has 33 heavy (non-hydrogen) atoms. The fraction of sp³-hybridized carbons (Fsp3) is 0.375. The van der Waals surface area contributed by atoms with Crippen molar-refractivity contribution in [3.05, 3.63) is 60.4 Å². The molecule has 9 heteroatoms. The third-order valence-corrected chi connectivity index (χ3v) is 5.92. The standard InChI is InChI=1S/C24H29N7O2/c1-15(2)24(5,18-7-8-19(26-12-18)16-6-9-20(25)27-10-16)22-29-21(33-30-22)17-11-28-31(13-17)14-23(3,4)32/h6-13,15,32H,14H2,1-5H3,(H2,25,27)/t24-/m1/s1. The van der Waals surface area contributed by atoms with E-state index in [9.17, 15) is 5.11 Å². The van der Waals surface area contributed by atoms with Gasteiger partial charge in [-0.15, -0.1) is 0 Å². The first-order valence-electron chi connectivity index (χ1n) is 10.8. The minimum atomic E-state index is -0.874.